The highest BCUT2D eigenvalue weighted by atomic mass is 16.5. The van der Waals surface area contributed by atoms with Gasteiger partial charge in [0, 0.05) is 11.8 Å². The number of benzene rings is 1. The molecule has 1 fully saturated rings. The van der Waals surface area contributed by atoms with Gasteiger partial charge in [0.05, 0.1) is 31.7 Å². The number of rotatable bonds is 11. The number of unbranched alkanes of at least 4 members (excludes halogenated alkanes) is 3. The molecule has 0 spiro atoms. The van der Waals surface area contributed by atoms with Gasteiger partial charge in [0.25, 0.3) is 0 Å². The van der Waals surface area contributed by atoms with Gasteiger partial charge < -0.3 is 24.5 Å². The van der Waals surface area contributed by atoms with Crippen molar-refractivity contribution < 1.29 is 29.3 Å². The molecule has 3 N–H and O–H groups in total. The SMILES string of the molecule is COC(=O)CCCCCCC1C(CCC(O)c2ccc3occc3c2)[C@H](O)C[C@@H]1O. The third-order valence-corrected chi connectivity index (χ3v) is 6.55. The van der Waals surface area contributed by atoms with Crippen molar-refractivity contribution in [2.75, 3.05) is 7.11 Å². The number of carbonyl (C=O) groups excluding carboxylic acids is 1. The van der Waals surface area contributed by atoms with Crippen molar-refractivity contribution in [2.24, 2.45) is 11.8 Å². The second kappa shape index (κ2) is 10.9. The van der Waals surface area contributed by atoms with E-state index in [1.807, 2.05) is 24.3 Å². The van der Waals surface area contributed by atoms with Gasteiger partial charge in [-0.3, -0.25) is 4.79 Å². The Morgan fingerprint density at radius 1 is 1.10 bits per heavy atom. The van der Waals surface area contributed by atoms with E-state index in [-0.39, 0.29) is 17.8 Å². The van der Waals surface area contributed by atoms with E-state index < -0.39 is 18.3 Å². The largest absolute Gasteiger partial charge is 0.469 e. The molecule has 2 aromatic rings. The first-order chi connectivity index (χ1) is 14.5. The lowest BCUT2D eigenvalue weighted by Crippen LogP contribution is -2.23. The average Bonchev–Trinajstić information content (AvgIpc) is 3.31. The van der Waals surface area contributed by atoms with Gasteiger partial charge in [-0.05, 0) is 67.7 Å². The molecule has 5 atom stereocenters. The van der Waals surface area contributed by atoms with E-state index in [2.05, 4.69) is 4.74 Å². The van der Waals surface area contributed by atoms with Gasteiger partial charge in [-0.15, -0.1) is 0 Å². The van der Waals surface area contributed by atoms with E-state index >= 15 is 0 Å². The summed E-state index contributed by atoms with van der Waals surface area (Å²) in [5, 5.41) is 32.5. The molecule has 6 heteroatoms. The maximum atomic E-state index is 11.1. The molecule has 1 aromatic carbocycles. The molecule has 0 radical (unpaired) electrons. The third-order valence-electron chi connectivity index (χ3n) is 6.55. The van der Waals surface area contributed by atoms with Crippen LogP contribution in [0.3, 0.4) is 0 Å². The summed E-state index contributed by atoms with van der Waals surface area (Å²) in [6.45, 7) is 0. The van der Waals surface area contributed by atoms with Crippen molar-refractivity contribution in [3.63, 3.8) is 0 Å². The Balaban J connectivity index is 1.46. The van der Waals surface area contributed by atoms with Crippen LogP contribution in [0.2, 0.25) is 0 Å². The lowest BCUT2D eigenvalue weighted by atomic mass is 9.84. The number of carbonyl (C=O) groups is 1. The van der Waals surface area contributed by atoms with Gasteiger partial charge in [0.1, 0.15) is 5.58 Å². The number of ether oxygens (including phenoxy) is 1. The molecule has 0 aliphatic heterocycles. The number of hydrogen-bond acceptors (Lipinski definition) is 6. The van der Waals surface area contributed by atoms with Crippen molar-refractivity contribution >= 4 is 16.9 Å². The van der Waals surface area contributed by atoms with Gasteiger partial charge in [0.2, 0.25) is 0 Å². The van der Waals surface area contributed by atoms with Crippen LogP contribution >= 0.6 is 0 Å². The Kier molecular flexibility index (Phi) is 8.31. The van der Waals surface area contributed by atoms with Crippen LogP contribution in [0.5, 0.6) is 0 Å². The van der Waals surface area contributed by atoms with Crippen molar-refractivity contribution in [1.82, 2.24) is 0 Å². The fraction of sp³-hybridized carbons (Fsp3) is 0.625. The van der Waals surface area contributed by atoms with Crippen molar-refractivity contribution in [3.05, 3.63) is 36.1 Å². The Hall–Kier alpha value is -1.89. The zero-order valence-corrected chi connectivity index (χ0v) is 17.7. The smallest absolute Gasteiger partial charge is 0.305 e. The number of fused-ring (bicyclic) bond motifs is 1. The predicted octanol–water partition coefficient (Wildman–Crippen LogP) is 4.12. The molecule has 1 aliphatic rings. The minimum atomic E-state index is -0.604. The normalized spacial score (nSPS) is 24.9. The summed E-state index contributed by atoms with van der Waals surface area (Å²) in [6, 6.07) is 7.56. The molecule has 166 valence electrons. The highest BCUT2D eigenvalue weighted by molar-refractivity contribution is 5.77. The summed E-state index contributed by atoms with van der Waals surface area (Å²) in [5.74, 6) is -0.110. The Bertz CT molecular complexity index is 800. The second-order valence-electron chi connectivity index (χ2n) is 8.54. The highest BCUT2D eigenvalue weighted by Gasteiger charge is 2.40. The summed E-state index contributed by atoms with van der Waals surface area (Å²) in [4.78, 5) is 11.1. The molecular formula is C24H34O6. The van der Waals surface area contributed by atoms with E-state index in [1.54, 1.807) is 6.26 Å². The van der Waals surface area contributed by atoms with Crippen LogP contribution in [0.1, 0.15) is 69.5 Å². The van der Waals surface area contributed by atoms with Crippen LogP contribution in [0.25, 0.3) is 11.0 Å². The van der Waals surface area contributed by atoms with Gasteiger partial charge in [-0.1, -0.05) is 25.3 Å². The molecule has 6 nitrogen and oxygen atoms in total. The van der Waals surface area contributed by atoms with E-state index in [1.165, 1.54) is 7.11 Å². The topological polar surface area (TPSA) is 100 Å². The molecule has 1 aliphatic carbocycles. The monoisotopic (exact) mass is 418 g/mol. The molecule has 3 rings (SSSR count). The van der Waals surface area contributed by atoms with Gasteiger partial charge in [-0.25, -0.2) is 0 Å². The molecule has 1 aromatic heterocycles. The van der Waals surface area contributed by atoms with Crippen molar-refractivity contribution in [3.8, 4) is 0 Å². The molecule has 0 saturated heterocycles. The molecule has 3 unspecified atom stereocenters. The van der Waals surface area contributed by atoms with Crippen LogP contribution in [0.4, 0.5) is 0 Å². The van der Waals surface area contributed by atoms with Crippen LogP contribution < -0.4 is 0 Å². The first-order valence-corrected chi connectivity index (χ1v) is 11.1. The molecule has 1 saturated carbocycles. The summed E-state index contributed by atoms with van der Waals surface area (Å²) >= 11 is 0. The molecule has 1 heterocycles. The lowest BCUT2D eigenvalue weighted by Gasteiger charge is -2.24. The molecule has 30 heavy (non-hydrogen) atoms. The number of esters is 1. The zero-order chi connectivity index (χ0) is 21.5. The van der Waals surface area contributed by atoms with Gasteiger partial charge in [-0.2, -0.15) is 0 Å². The summed E-state index contributed by atoms with van der Waals surface area (Å²) < 4.78 is 10.00. The number of hydrogen-bond donors (Lipinski definition) is 3. The Morgan fingerprint density at radius 3 is 2.60 bits per heavy atom. The van der Waals surface area contributed by atoms with Crippen LogP contribution in [-0.4, -0.2) is 40.6 Å². The average molecular weight is 419 g/mol. The quantitative estimate of drug-likeness (QED) is 0.375. The minimum absolute atomic E-state index is 0.00220. The highest BCUT2D eigenvalue weighted by Crippen LogP contribution is 2.40. The first-order valence-electron chi connectivity index (χ1n) is 11.1. The fourth-order valence-electron chi connectivity index (χ4n) is 4.80. The third kappa shape index (κ3) is 5.84. The van der Waals surface area contributed by atoms with Gasteiger partial charge in [0.15, 0.2) is 0 Å². The molecular weight excluding hydrogens is 384 g/mol. The van der Waals surface area contributed by atoms with E-state index in [0.717, 1.165) is 48.6 Å². The number of aliphatic hydroxyl groups excluding tert-OH is 3. The standard InChI is InChI=1S/C24H34O6/c1-29-24(28)7-5-3-2-4-6-18-19(22(27)15-21(18)26)9-10-20(25)16-8-11-23-17(14-16)12-13-30-23/h8,11-14,18-22,25-27H,2-7,9-10,15H2,1H3/t18?,19?,20?,21-,22+/m0/s1. The molecule has 0 bridgehead atoms. The maximum absolute atomic E-state index is 11.1. The fourth-order valence-corrected chi connectivity index (χ4v) is 4.80. The Morgan fingerprint density at radius 2 is 1.83 bits per heavy atom. The number of aliphatic hydroxyl groups is 3. The first kappa shape index (κ1) is 22.8. The molecule has 0 amide bonds. The van der Waals surface area contributed by atoms with Crippen LogP contribution in [0, 0.1) is 11.8 Å². The van der Waals surface area contributed by atoms with E-state index in [9.17, 15) is 20.1 Å². The summed E-state index contributed by atoms with van der Waals surface area (Å²) in [7, 11) is 1.40. The lowest BCUT2D eigenvalue weighted by molar-refractivity contribution is -0.140. The van der Waals surface area contributed by atoms with Crippen molar-refractivity contribution in [1.29, 1.82) is 0 Å². The van der Waals surface area contributed by atoms with E-state index in [0.29, 0.717) is 25.7 Å². The van der Waals surface area contributed by atoms with Gasteiger partial charge >= 0.3 is 5.97 Å². The summed E-state index contributed by atoms with van der Waals surface area (Å²) in [6.07, 6.45) is 6.71. The minimum Gasteiger partial charge on any atom is -0.469 e. The Labute approximate surface area is 177 Å². The number of methoxy groups -OCH3 is 1. The van der Waals surface area contributed by atoms with Crippen molar-refractivity contribution in [2.45, 2.75) is 76.1 Å². The predicted molar refractivity (Wildman–Crippen MR) is 114 cm³/mol. The number of furan rings is 1. The second-order valence-corrected chi connectivity index (χ2v) is 8.54. The van der Waals surface area contributed by atoms with Crippen LogP contribution in [-0.2, 0) is 9.53 Å². The maximum Gasteiger partial charge on any atom is 0.305 e. The zero-order valence-electron chi connectivity index (χ0n) is 17.7. The summed E-state index contributed by atoms with van der Waals surface area (Å²) in [5.41, 5.74) is 1.64. The van der Waals surface area contributed by atoms with E-state index in [4.69, 9.17) is 4.42 Å². The van der Waals surface area contributed by atoms with Crippen LogP contribution in [0.15, 0.2) is 34.9 Å².